The molecule has 3 heterocycles. The Labute approximate surface area is 185 Å². The van der Waals surface area contributed by atoms with E-state index in [2.05, 4.69) is 9.97 Å². The summed E-state index contributed by atoms with van der Waals surface area (Å²) >= 11 is 6.26. The van der Waals surface area contributed by atoms with Crippen LogP contribution in [0.2, 0.25) is 5.02 Å². The molecule has 1 unspecified atom stereocenters. The van der Waals surface area contributed by atoms with E-state index in [1.54, 1.807) is 24.1 Å². The van der Waals surface area contributed by atoms with Crippen molar-refractivity contribution in [3.63, 3.8) is 0 Å². The summed E-state index contributed by atoms with van der Waals surface area (Å²) < 4.78 is 7.45. The highest BCUT2D eigenvalue weighted by Gasteiger charge is 2.31. The van der Waals surface area contributed by atoms with Gasteiger partial charge in [-0.2, -0.15) is 4.98 Å². The lowest BCUT2D eigenvalue weighted by Crippen LogP contribution is -2.42. The molecule has 4 rings (SSSR count). The zero-order chi connectivity index (χ0) is 22.0. The Kier molecular flexibility index (Phi) is 6.23. The number of aryl methyl sites for hydroxylation is 2. The highest BCUT2D eigenvalue weighted by Crippen LogP contribution is 2.31. The Balaban J connectivity index is 1.53. The largest absolute Gasteiger partial charge is 0.443 e. The van der Waals surface area contributed by atoms with E-state index in [4.69, 9.17) is 16.0 Å². The van der Waals surface area contributed by atoms with Gasteiger partial charge in [-0.3, -0.25) is 9.36 Å². The average Bonchev–Trinajstić information content (AvgIpc) is 3.20. The van der Waals surface area contributed by atoms with Gasteiger partial charge in [0.05, 0.1) is 6.20 Å². The van der Waals surface area contributed by atoms with Crippen molar-refractivity contribution >= 4 is 17.5 Å². The summed E-state index contributed by atoms with van der Waals surface area (Å²) in [4.78, 5) is 35.6. The standard InChI is InChI=1S/C23H25ClN4O3/c1-15-11-16(2)28(23(30)26-15)14-21(29)27-10-6-5-9-20(27)22-25-13-18(31-22)12-17-7-3-4-8-19(17)24/h3-4,7-8,11,13,20H,5-6,9-10,12,14H2,1-2H3. The molecule has 1 amide bonds. The summed E-state index contributed by atoms with van der Waals surface area (Å²) in [5.41, 5.74) is 1.92. The fraction of sp³-hybridized carbons (Fsp3) is 0.391. The van der Waals surface area contributed by atoms with Crippen molar-refractivity contribution < 1.29 is 9.21 Å². The molecule has 1 aliphatic rings. The third-order valence-corrected chi connectivity index (χ3v) is 6.01. The molecule has 7 nitrogen and oxygen atoms in total. The minimum atomic E-state index is -0.405. The maximum Gasteiger partial charge on any atom is 0.348 e. The van der Waals surface area contributed by atoms with E-state index in [0.717, 1.165) is 30.5 Å². The Hall–Kier alpha value is -2.93. The Morgan fingerprint density at radius 2 is 2.06 bits per heavy atom. The van der Waals surface area contributed by atoms with Crippen LogP contribution in [0.25, 0.3) is 0 Å². The smallest absolute Gasteiger partial charge is 0.348 e. The van der Waals surface area contributed by atoms with Gasteiger partial charge >= 0.3 is 5.69 Å². The fourth-order valence-corrected chi connectivity index (χ4v) is 4.27. The molecule has 0 saturated carbocycles. The molecule has 1 saturated heterocycles. The second kappa shape index (κ2) is 9.06. The monoisotopic (exact) mass is 440 g/mol. The number of hydrogen-bond acceptors (Lipinski definition) is 5. The number of halogens is 1. The summed E-state index contributed by atoms with van der Waals surface area (Å²) in [6.45, 7) is 4.15. The van der Waals surface area contributed by atoms with Crippen LogP contribution in [0.1, 0.15) is 53.9 Å². The first-order valence-corrected chi connectivity index (χ1v) is 10.8. The number of amides is 1. The molecule has 3 aromatic rings. The first-order chi connectivity index (χ1) is 14.9. The van der Waals surface area contributed by atoms with Gasteiger partial charge in [0.1, 0.15) is 18.3 Å². The number of aromatic nitrogens is 3. The number of oxazole rings is 1. The van der Waals surface area contributed by atoms with Gasteiger partial charge in [0.25, 0.3) is 0 Å². The maximum atomic E-state index is 13.1. The van der Waals surface area contributed by atoms with E-state index in [9.17, 15) is 9.59 Å². The van der Waals surface area contributed by atoms with Crippen molar-refractivity contribution in [2.45, 2.75) is 52.1 Å². The second-order valence-electron chi connectivity index (χ2n) is 7.94. The highest BCUT2D eigenvalue weighted by molar-refractivity contribution is 6.31. The Bertz CT molecular complexity index is 1150. The van der Waals surface area contributed by atoms with Gasteiger partial charge in [0, 0.05) is 29.4 Å². The normalized spacial score (nSPS) is 16.5. The van der Waals surface area contributed by atoms with Crippen molar-refractivity contribution in [1.82, 2.24) is 19.4 Å². The Morgan fingerprint density at radius 1 is 1.26 bits per heavy atom. The topological polar surface area (TPSA) is 81.2 Å². The van der Waals surface area contributed by atoms with Crippen molar-refractivity contribution in [1.29, 1.82) is 0 Å². The van der Waals surface area contributed by atoms with Crippen LogP contribution in [-0.2, 0) is 17.8 Å². The molecule has 1 aliphatic heterocycles. The van der Waals surface area contributed by atoms with Crippen LogP contribution >= 0.6 is 11.6 Å². The lowest BCUT2D eigenvalue weighted by Gasteiger charge is -2.34. The van der Waals surface area contributed by atoms with Crippen LogP contribution in [0.3, 0.4) is 0 Å². The SMILES string of the molecule is Cc1cc(C)n(CC(=O)N2CCCCC2c2ncc(Cc3ccccc3Cl)o2)c(=O)n1. The van der Waals surface area contributed by atoms with Crippen LogP contribution in [0, 0.1) is 13.8 Å². The lowest BCUT2D eigenvalue weighted by molar-refractivity contribution is -0.136. The molecule has 0 aliphatic carbocycles. The molecule has 1 atom stereocenters. The molecule has 0 spiro atoms. The molecule has 0 bridgehead atoms. The van der Waals surface area contributed by atoms with Gasteiger partial charge < -0.3 is 9.32 Å². The molecular formula is C23H25ClN4O3. The van der Waals surface area contributed by atoms with Gasteiger partial charge in [0.15, 0.2) is 0 Å². The minimum absolute atomic E-state index is 0.0400. The number of rotatable bonds is 5. The molecule has 0 radical (unpaired) electrons. The van der Waals surface area contributed by atoms with Gasteiger partial charge in [-0.25, -0.2) is 9.78 Å². The third kappa shape index (κ3) is 4.71. The van der Waals surface area contributed by atoms with E-state index in [-0.39, 0.29) is 18.5 Å². The van der Waals surface area contributed by atoms with E-state index in [1.165, 1.54) is 4.57 Å². The highest BCUT2D eigenvalue weighted by atomic mass is 35.5. The van der Waals surface area contributed by atoms with E-state index < -0.39 is 5.69 Å². The number of carbonyl (C=O) groups is 1. The predicted octanol–water partition coefficient (Wildman–Crippen LogP) is 3.85. The zero-order valence-electron chi connectivity index (χ0n) is 17.7. The summed E-state index contributed by atoms with van der Waals surface area (Å²) in [7, 11) is 0. The summed E-state index contributed by atoms with van der Waals surface area (Å²) in [6.07, 6.45) is 4.92. The number of benzene rings is 1. The lowest BCUT2D eigenvalue weighted by atomic mass is 10.0. The number of carbonyl (C=O) groups excluding carboxylic acids is 1. The Morgan fingerprint density at radius 3 is 2.84 bits per heavy atom. The molecule has 8 heteroatoms. The number of nitrogens with zero attached hydrogens (tertiary/aromatic N) is 4. The van der Waals surface area contributed by atoms with Gasteiger partial charge in [0.2, 0.25) is 11.8 Å². The molecule has 1 aromatic carbocycles. The van der Waals surface area contributed by atoms with Crippen molar-refractivity contribution in [2.24, 2.45) is 0 Å². The molecule has 1 fully saturated rings. The third-order valence-electron chi connectivity index (χ3n) is 5.64. The number of hydrogen-bond donors (Lipinski definition) is 0. The predicted molar refractivity (Wildman–Crippen MR) is 117 cm³/mol. The van der Waals surface area contributed by atoms with Crippen molar-refractivity contribution in [2.75, 3.05) is 6.54 Å². The van der Waals surface area contributed by atoms with Gasteiger partial charge in [-0.1, -0.05) is 29.8 Å². The molecule has 31 heavy (non-hydrogen) atoms. The second-order valence-corrected chi connectivity index (χ2v) is 8.35. The first kappa shape index (κ1) is 21.3. The van der Waals surface area contributed by atoms with Gasteiger partial charge in [-0.15, -0.1) is 0 Å². The molecular weight excluding hydrogens is 416 g/mol. The summed E-state index contributed by atoms with van der Waals surface area (Å²) in [6, 6.07) is 9.19. The average molecular weight is 441 g/mol. The fourth-order valence-electron chi connectivity index (χ4n) is 4.07. The van der Waals surface area contributed by atoms with Crippen LogP contribution in [0.4, 0.5) is 0 Å². The number of piperidine rings is 1. The number of likely N-dealkylation sites (tertiary alicyclic amines) is 1. The molecule has 162 valence electrons. The van der Waals surface area contributed by atoms with Crippen molar-refractivity contribution in [3.8, 4) is 0 Å². The van der Waals surface area contributed by atoms with Crippen LogP contribution in [0.5, 0.6) is 0 Å². The summed E-state index contributed by atoms with van der Waals surface area (Å²) in [5.74, 6) is 1.10. The quantitative estimate of drug-likeness (QED) is 0.602. The summed E-state index contributed by atoms with van der Waals surface area (Å²) in [5, 5.41) is 0.683. The zero-order valence-corrected chi connectivity index (χ0v) is 18.4. The van der Waals surface area contributed by atoms with E-state index in [1.807, 2.05) is 31.2 Å². The van der Waals surface area contributed by atoms with Crippen molar-refractivity contribution in [3.05, 3.63) is 80.6 Å². The van der Waals surface area contributed by atoms with Gasteiger partial charge in [-0.05, 0) is 50.8 Å². The van der Waals surface area contributed by atoms with Crippen LogP contribution < -0.4 is 5.69 Å². The maximum absolute atomic E-state index is 13.1. The minimum Gasteiger partial charge on any atom is -0.443 e. The van der Waals surface area contributed by atoms with Crippen LogP contribution in [0.15, 0.2) is 45.7 Å². The van der Waals surface area contributed by atoms with E-state index in [0.29, 0.717) is 35.3 Å². The first-order valence-electron chi connectivity index (χ1n) is 10.4. The molecule has 2 aromatic heterocycles. The van der Waals surface area contributed by atoms with Crippen LogP contribution in [-0.4, -0.2) is 31.9 Å². The van der Waals surface area contributed by atoms with E-state index >= 15 is 0 Å². The molecule has 0 N–H and O–H groups in total.